The minimum absolute atomic E-state index is 0.00676. The molecule has 0 bridgehead atoms. The molecule has 1 N–H and O–H groups in total. The standard InChI is InChI=1S/C18H29NO2/c1-5-10-19-12-15-11-14(2)6-7-17(15)20-13-16-8-9-18(3,4)21-16/h6-7,11,16,19H,5,8-10,12-13H2,1-4H3. The van der Waals surface area contributed by atoms with Gasteiger partial charge in [-0.3, -0.25) is 0 Å². The lowest BCUT2D eigenvalue weighted by atomic mass is 10.1. The third kappa shape index (κ3) is 5.01. The Morgan fingerprint density at radius 2 is 2.19 bits per heavy atom. The van der Waals surface area contributed by atoms with Gasteiger partial charge in [0, 0.05) is 12.1 Å². The van der Waals surface area contributed by atoms with E-state index in [0.29, 0.717) is 6.61 Å². The summed E-state index contributed by atoms with van der Waals surface area (Å²) in [5, 5.41) is 3.45. The maximum absolute atomic E-state index is 6.04. The van der Waals surface area contributed by atoms with Crippen LogP contribution in [0.2, 0.25) is 0 Å². The largest absolute Gasteiger partial charge is 0.491 e. The summed E-state index contributed by atoms with van der Waals surface area (Å²) in [6.45, 7) is 11.1. The van der Waals surface area contributed by atoms with E-state index in [-0.39, 0.29) is 11.7 Å². The van der Waals surface area contributed by atoms with Gasteiger partial charge in [-0.25, -0.2) is 0 Å². The Morgan fingerprint density at radius 1 is 1.38 bits per heavy atom. The first kappa shape index (κ1) is 16.3. The van der Waals surface area contributed by atoms with Gasteiger partial charge in [0.05, 0.1) is 11.7 Å². The van der Waals surface area contributed by atoms with E-state index in [4.69, 9.17) is 9.47 Å². The van der Waals surface area contributed by atoms with E-state index in [9.17, 15) is 0 Å². The number of nitrogens with one attached hydrogen (secondary N) is 1. The summed E-state index contributed by atoms with van der Waals surface area (Å²) in [6, 6.07) is 6.40. The van der Waals surface area contributed by atoms with Gasteiger partial charge in [0.15, 0.2) is 0 Å². The molecule has 118 valence electrons. The minimum atomic E-state index is 0.00676. The third-order valence-corrected chi connectivity index (χ3v) is 3.94. The van der Waals surface area contributed by atoms with Gasteiger partial charge < -0.3 is 14.8 Å². The van der Waals surface area contributed by atoms with Crippen LogP contribution < -0.4 is 10.1 Å². The highest BCUT2D eigenvalue weighted by atomic mass is 16.6. The first-order valence-corrected chi connectivity index (χ1v) is 8.11. The van der Waals surface area contributed by atoms with Gasteiger partial charge in [-0.2, -0.15) is 0 Å². The normalized spacial score (nSPS) is 20.7. The van der Waals surface area contributed by atoms with Crippen molar-refractivity contribution in [1.29, 1.82) is 0 Å². The number of hydrogen-bond donors (Lipinski definition) is 1. The number of hydrogen-bond acceptors (Lipinski definition) is 3. The summed E-state index contributed by atoms with van der Waals surface area (Å²) >= 11 is 0. The van der Waals surface area contributed by atoms with Crippen LogP contribution in [0, 0.1) is 6.92 Å². The van der Waals surface area contributed by atoms with Crippen molar-refractivity contribution in [2.45, 2.75) is 65.2 Å². The van der Waals surface area contributed by atoms with Gasteiger partial charge in [-0.15, -0.1) is 0 Å². The van der Waals surface area contributed by atoms with Crippen molar-refractivity contribution in [2.24, 2.45) is 0 Å². The van der Waals surface area contributed by atoms with Crippen molar-refractivity contribution in [1.82, 2.24) is 5.32 Å². The summed E-state index contributed by atoms with van der Waals surface area (Å²) in [7, 11) is 0. The molecule has 1 heterocycles. The summed E-state index contributed by atoms with van der Waals surface area (Å²) in [5.41, 5.74) is 2.52. The van der Waals surface area contributed by atoms with Crippen molar-refractivity contribution in [3.8, 4) is 5.75 Å². The van der Waals surface area contributed by atoms with Crippen LogP contribution in [0.3, 0.4) is 0 Å². The molecule has 0 saturated carbocycles. The predicted octanol–water partition coefficient (Wildman–Crippen LogP) is 3.83. The second-order valence-electron chi connectivity index (χ2n) is 6.64. The molecule has 0 aliphatic carbocycles. The Bertz CT molecular complexity index is 457. The third-order valence-electron chi connectivity index (χ3n) is 3.94. The molecular weight excluding hydrogens is 262 g/mol. The molecule has 2 rings (SSSR count). The fraction of sp³-hybridized carbons (Fsp3) is 0.667. The number of benzene rings is 1. The lowest BCUT2D eigenvalue weighted by Gasteiger charge is -2.20. The molecule has 1 atom stereocenters. The highest BCUT2D eigenvalue weighted by molar-refractivity contribution is 5.36. The summed E-state index contributed by atoms with van der Waals surface area (Å²) < 4.78 is 12.0. The number of aryl methyl sites for hydroxylation is 1. The zero-order chi connectivity index (χ0) is 15.3. The molecule has 1 aliphatic rings. The zero-order valence-corrected chi connectivity index (χ0v) is 13.9. The minimum Gasteiger partial charge on any atom is -0.491 e. The van der Waals surface area contributed by atoms with Crippen LogP contribution in [0.5, 0.6) is 5.75 Å². The molecule has 1 aliphatic heterocycles. The molecule has 21 heavy (non-hydrogen) atoms. The maximum Gasteiger partial charge on any atom is 0.123 e. The number of rotatable bonds is 7. The van der Waals surface area contributed by atoms with Gasteiger partial charge in [0.1, 0.15) is 12.4 Å². The maximum atomic E-state index is 6.04. The average molecular weight is 291 g/mol. The highest BCUT2D eigenvalue weighted by Crippen LogP contribution is 2.30. The van der Waals surface area contributed by atoms with Crippen LogP contribution in [0.25, 0.3) is 0 Å². The quantitative estimate of drug-likeness (QED) is 0.774. The summed E-state index contributed by atoms with van der Waals surface area (Å²) in [4.78, 5) is 0. The van der Waals surface area contributed by atoms with Crippen LogP contribution in [0.15, 0.2) is 18.2 Å². The lowest BCUT2D eigenvalue weighted by molar-refractivity contribution is -0.0327. The molecule has 0 spiro atoms. The second-order valence-corrected chi connectivity index (χ2v) is 6.64. The SMILES string of the molecule is CCCNCc1cc(C)ccc1OCC1CCC(C)(C)O1. The average Bonchev–Trinajstić information content (AvgIpc) is 2.78. The smallest absolute Gasteiger partial charge is 0.123 e. The van der Waals surface area contributed by atoms with Crippen molar-refractivity contribution < 1.29 is 9.47 Å². The molecule has 0 aromatic heterocycles. The Balaban J connectivity index is 1.92. The molecule has 3 nitrogen and oxygen atoms in total. The topological polar surface area (TPSA) is 30.5 Å². The van der Waals surface area contributed by atoms with Crippen molar-refractivity contribution >= 4 is 0 Å². The Morgan fingerprint density at radius 3 is 2.86 bits per heavy atom. The molecule has 1 unspecified atom stereocenters. The molecule has 1 saturated heterocycles. The molecule has 0 amide bonds. The first-order chi connectivity index (χ1) is 10.00. The van der Waals surface area contributed by atoms with E-state index in [1.807, 2.05) is 0 Å². The molecule has 1 fully saturated rings. The van der Waals surface area contributed by atoms with Gasteiger partial charge >= 0.3 is 0 Å². The number of ether oxygens (including phenoxy) is 2. The van der Waals surface area contributed by atoms with Crippen molar-refractivity contribution in [3.05, 3.63) is 29.3 Å². The summed E-state index contributed by atoms with van der Waals surface area (Å²) in [6.07, 6.45) is 3.56. The molecule has 1 aromatic rings. The van der Waals surface area contributed by atoms with Crippen molar-refractivity contribution in [2.75, 3.05) is 13.2 Å². The Kier molecular flexibility index (Phi) is 5.65. The van der Waals surface area contributed by atoms with E-state index < -0.39 is 0 Å². The van der Waals surface area contributed by atoms with E-state index in [2.05, 4.69) is 51.2 Å². The van der Waals surface area contributed by atoms with Gasteiger partial charge in [-0.1, -0.05) is 24.6 Å². The van der Waals surface area contributed by atoms with Crippen LogP contribution in [0.1, 0.15) is 51.2 Å². The van der Waals surface area contributed by atoms with Crippen molar-refractivity contribution in [3.63, 3.8) is 0 Å². The van der Waals surface area contributed by atoms with E-state index in [0.717, 1.165) is 38.1 Å². The van der Waals surface area contributed by atoms with E-state index >= 15 is 0 Å². The molecular formula is C18H29NO2. The van der Waals surface area contributed by atoms with Crippen LogP contribution in [-0.2, 0) is 11.3 Å². The van der Waals surface area contributed by atoms with Crippen LogP contribution in [0.4, 0.5) is 0 Å². The predicted molar refractivity (Wildman–Crippen MR) is 86.9 cm³/mol. The Labute approximate surface area is 129 Å². The lowest BCUT2D eigenvalue weighted by Crippen LogP contribution is -2.24. The first-order valence-electron chi connectivity index (χ1n) is 8.11. The zero-order valence-electron chi connectivity index (χ0n) is 13.9. The fourth-order valence-corrected chi connectivity index (χ4v) is 2.76. The fourth-order valence-electron chi connectivity index (χ4n) is 2.76. The van der Waals surface area contributed by atoms with Gasteiger partial charge in [0.25, 0.3) is 0 Å². The molecule has 1 aromatic carbocycles. The van der Waals surface area contributed by atoms with E-state index in [1.54, 1.807) is 0 Å². The monoisotopic (exact) mass is 291 g/mol. The summed E-state index contributed by atoms with van der Waals surface area (Å²) in [5.74, 6) is 0.984. The van der Waals surface area contributed by atoms with E-state index in [1.165, 1.54) is 11.1 Å². The van der Waals surface area contributed by atoms with Gasteiger partial charge in [-0.05, 0) is 52.6 Å². The molecule has 0 radical (unpaired) electrons. The van der Waals surface area contributed by atoms with Crippen LogP contribution in [-0.4, -0.2) is 24.9 Å². The van der Waals surface area contributed by atoms with Crippen LogP contribution >= 0.6 is 0 Å². The molecule has 3 heteroatoms. The Hall–Kier alpha value is -1.06. The second kappa shape index (κ2) is 7.28. The highest BCUT2D eigenvalue weighted by Gasteiger charge is 2.31. The van der Waals surface area contributed by atoms with Gasteiger partial charge in [0.2, 0.25) is 0 Å².